The maximum Gasteiger partial charge on any atom is 0.270 e. The Morgan fingerprint density at radius 3 is 2.42 bits per heavy atom. The van der Waals surface area contributed by atoms with Crippen LogP contribution in [0.1, 0.15) is 31.3 Å². The normalized spacial score (nSPS) is 10.8. The van der Waals surface area contributed by atoms with Crippen LogP contribution in [0.4, 0.5) is 10.1 Å². The van der Waals surface area contributed by atoms with E-state index in [0.29, 0.717) is 28.9 Å². The molecule has 172 valence electrons. The minimum absolute atomic E-state index is 0.0216. The third-order valence-electron chi connectivity index (χ3n) is 4.64. The maximum atomic E-state index is 13.3. The molecular weight excluding hydrogens is 495 g/mol. The molecule has 4 N–H and O–H groups in total. The zero-order chi connectivity index (χ0) is 24.1. The van der Waals surface area contributed by atoms with Crippen molar-refractivity contribution >= 4 is 39.3 Å². The number of amides is 3. The van der Waals surface area contributed by atoms with Crippen LogP contribution in [-0.2, 0) is 0 Å². The van der Waals surface area contributed by atoms with Crippen LogP contribution in [0, 0.1) is 5.82 Å². The van der Waals surface area contributed by atoms with Crippen molar-refractivity contribution in [1.29, 1.82) is 0 Å². The van der Waals surface area contributed by atoms with Gasteiger partial charge in [-0.15, -0.1) is 0 Å². The zero-order valence-electron chi connectivity index (χ0n) is 17.9. The summed E-state index contributed by atoms with van der Waals surface area (Å²) in [4.78, 5) is 42.9. The highest BCUT2D eigenvalue weighted by atomic mass is 79.9. The number of hydrogen-bond donors (Lipinski definition) is 3. The van der Waals surface area contributed by atoms with Crippen LogP contribution in [0.25, 0.3) is 5.69 Å². The molecule has 0 saturated heterocycles. The molecule has 0 aliphatic rings. The molecule has 1 heterocycles. The Hall–Kier alpha value is -3.57. The van der Waals surface area contributed by atoms with E-state index in [1.807, 2.05) is 19.0 Å². The molecule has 0 unspecified atom stereocenters. The summed E-state index contributed by atoms with van der Waals surface area (Å²) >= 11 is 3.18. The van der Waals surface area contributed by atoms with Crippen molar-refractivity contribution in [3.05, 3.63) is 76.0 Å². The Morgan fingerprint density at radius 2 is 1.82 bits per heavy atom. The van der Waals surface area contributed by atoms with Gasteiger partial charge in [-0.2, -0.15) is 0 Å². The number of nitrogens with zero attached hydrogens (tertiary/aromatic N) is 3. The van der Waals surface area contributed by atoms with Crippen molar-refractivity contribution in [3.8, 4) is 5.69 Å². The number of anilines is 1. The number of nitrogens with two attached hydrogens (primary N) is 1. The second kappa shape index (κ2) is 10.4. The molecule has 3 rings (SSSR count). The van der Waals surface area contributed by atoms with Gasteiger partial charge in [0.15, 0.2) is 5.69 Å². The molecule has 11 heteroatoms. The lowest BCUT2D eigenvalue weighted by Crippen LogP contribution is -2.33. The van der Waals surface area contributed by atoms with Crippen molar-refractivity contribution in [2.24, 2.45) is 5.73 Å². The zero-order valence-corrected chi connectivity index (χ0v) is 19.5. The van der Waals surface area contributed by atoms with Crippen LogP contribution >= 0.6 is 15.9 Å². The van der Waals surface area contributed by atoms with Crippen LogP contribution in [0.15, 0.2) is 53.3 Å². The molecule has 0 spiro atoms. The molecule has 1 aromatic heterocycles. The van der Waals surface area contributed by atoms with E-state index < -0.39 is 23.5 Å². The molecule has 3 aromatic rings. The molecule has 9 nitrogen and oxygen atoms in total. The van der Waals surface area contributed by atoms with Gasteiger partial charge in [0.05, 0.1) is 5.56 Å². The first kappa shape index (κ1) is 24.1. The second-order valence-corrected chi connectivity index (χ2v) is 8.21. The summed E-state index contributed by atoms with van der Waals surface area (Å²) in [5.74, 6) is -2.18. The number of aromatic nitrogens is 2. The van der Waals surface area contributed by atoms with Crippen molar-refractivity contribution < 1.29 is 18.8 Å². The molecule has 2 aromatic carbocycles. The molecule has 0 aliphatic heterocycles. The monoisotopic (exact) mass is 516 g/mol. The number of carbonyl (C=O) groups is 3. The second-order valence-electron chi connectivity index (χ2n) is 7.36. The highest BCUT2D eigenvalue weighted by molar-refractivity contribution is 9.10. The summed E-state index contributed by atoms with van der Waals surface area (Å²) < 4.78 is 15.0. The molecule has 0 aliphatic carbocycles. The lowest BCUT2D eigenvalue weighted by Gasteiger charge is -2.13. The highest BCUT2D eigenvalue weighted by Crippen LogP contribution is 2.21. The first-order valence-electron chi connectivity index (χ1n) is 9.84. The van der Waals surface area contributed by atoms with Gasteiger partial charge in [0, 0.05) is 28.9 Å². The van der Waals surface area contributed by atoms with Gasteiger partial charge < -0.3 is 21.3 Å². The van der Waals surface area contributed by atoms with Gasteiger partial charge in [0.25, 0.3) is 17.7 Å². The van der Waals surface area contributed by atoms with Crippen LogP contribution in [-0.4, -0.2) is 59.4 Å². The predicted molar refractivity (Wildman–Crippen MR) is 125 cm³/mol. The van der Waals surface area contributed by atoms with Crippen LogP contribution < -0.4 is 16.4 Å². The Morgan fingerprint density at radius 1 is 1.12 bits per heavy atom. The Balaban J connectivity index is 1.82. The summed E-state index contributed by atoms with van der Waals surface area (Å²) in [7, 11) is 3.75. The number of likely N-dealkylation sites (N-methyl/N-ethyl adjacent to an activating group) is 1. The van der Waals surface area contributed by atoms with Crippen LogP contribution in [0.2, 0.25) is 0 Å². The predicted octanol–water partition coefficient (Wildman–Crippen LogP) is 2.42. The third-order valence-corrected chi connectivity index (χ3v) is 5.30. The fourth-order valence-electron chi connectivity index (χ4n) is 3.00. The van der Waals surface area contributed by atoms with Crippen molar-refractivity contribution in [3.63, 3.8) is 0 Å². The number of carbonyl (C=O) groups excluding carboxylic acids is 3. The van der Waals surface area contributed by atoms with Crippen LogP contribution in [0.3, 0.4) is 0 Å². The average molecular weight is 517 g/mol. The van der Waals surface area contributed by atoms with Gasteiger partial charge in [-0.05, 0) is 72.5 Å². The van der Waals surface area contributed by atoms with E-state index in [0.717, 1.165) is 0 Å². The maximum absolute atomic E-state index is 13.3. The van der Waals surface area contributed by atoms with Gasteiger partial charge in [-0.25, -0.2) is 9.37 Å². The largest absolute Gasteiger partial charge is 0.364 e. The molecule has 0 fully saturated rings. The van der Waals surface area contributed by atoms with E-state index in [9.17, 15) is 18.8 Å². The Bertz CT molecular complexity index is 1190. The Kier molecular flexibility index (Phi) is 7.56. The van der Waals surface area contributed by atoms with Gasteiger partial charge in [0.2, 0.25) is 0 Å². The van der Waals surface area contributed by atoms with Gasteiger partial charge in [-0.1, -0.05) is 0 Å². The number of hydrogen-bond acceptors (Lipinski definition) is 5. The van der Waals surface area contributed by atoms with Gasteiger partial charge in [0.1, 0.15) is 17.8 Å². The lowest BCUT2D eigenvalue weighted by molar-refractivity contribution is 0.0926. The summed E-state index contributed by atoms with van der Waals surface area (Å²) in [6.45, 7) is 0.990. The number of primary amides is 1. The smallest absolute Gasteiger partial charge is 0.270 e. The first-order valence-corrected chi connectivity index (χ1v) is 10.6. The fraction of sp³-hybridized carbons (Fsp3) is 0.182. The third kappa shape index (κ3) is 5.82. The van der Waals surface area contributed by atoms with Gasteiger partial charge >= 0.3 is 0 Å². The highest BCUT2D eigenvalue weighted by Gasteiger charge is 2.23. The van der Waals surface area contributed by atoms with Gasteiger partial charge in [-0.3, -0.25) is 19.0 Å². The van der Waals surface area contributed by atoms with E-state index in [1.165, 1.54) is 29.1 Å². The average Bonchev–Trinajstić information content (AvgIpc) is 3.19. The summed E-state index contributed by atoms with van der Waals surface area (Å²) in [5, 5.41) is 5.47. The minimum Gasteiger partial charge on any atom is -0.364 e. The standard InChI is InChI=1S/C22H22BrFN6O3/c1-29(2)10-9-26-22(33)19-18(20(25)31)27-12-30(19)15-6-4-14(5-7-15)28-21(32)16-8-3-13(24)11-17(16)23/h3-8,11-12H,9-10H2,1-2H3,(H2,25,31)(H,26,33)(H,28,32). The molecule has 33 heavy (non-hydrogen) atoms. The molecule has 0 radical (unpaired) electrons. The molecule has 0 bridgehead atoms. The Labute approximate surface area is 197 Å². The van der Waals surface area contributed by atoms with E-state index in [4.69, 9.17) is 5.73 Å². The molecule has 0 saturated carbocycles. The summed E-state index contributed by atoms with van der Waals surface area (Å²) in [6.07, 6.45) is 1.34. The molecular formula is C22H22BrFN6O3. The molecule has 3 amide bonds. The lowest BCUT2D eigenvalue weighted by atomic mass is 10.2. The number of rotatable bonds is 8. The van der Waals surface area contributed by atoms with Crippen molar-refractivity contribution in [2.45, 2.75) is 0 Å². The molecule has 0 atom stereocenters. The van der Waals surface area contributed by atoms with Crippen molar-refractivity contribution in [2.75, 3.05) is 32.5 Å². The van der Waals surface area contributed by atoms with E-state index in [-0.39, 0.29) is 17.0 Å². The van der Waals surface area contributed by atoms with Crippen molar-refractivity contribution in [1.82, 2.24) is 19.8 Å². The number of imidazole rings is 1. The number of nitrogens with one attached hydrogen (secondary N) is 2. The van der Waals surface area contributed by atoms with E-state index >= 15 is 0 Å². The fourth-order valence-corrected chi connectivity index (χ4v) is 3.53. The summed E-state index contributed by atoms with van der Waals surface area (Å²) in [6, 6.07) is 10.3. The quantitative estimate of drug-likeness (QED) is 0.424. The van der Waals surface area contributed by atoms with Crippen LogP contribution in [0.5, 0.6) is 0 Å². The van der Waals surface area contributed by atoms with E-state index in [1.54, 1.807) is 24.3 Å². The SMILES string of the molecule is CN(C)CCNC(=O)c1c(C(N)=O)ncn1-c1ccc(NC(=O)c2ccc(F)cc2Br)cc1. The number of benzene rings is 2. The minimum atomic E-state index is -0.819. The number of halogens is 2. The van der Waals surface area contributed by atoms with E-state index in [2.05, 4.69) is 31.5 Å². The summed E-state index contributed by atoms with van der Waals surface area (Å²) in [5.41, 5.74) is 6.57. The first-order chi connectivity index (χ1) is 15.7. The topological polar surface area (TPSA) is 122 Å².